The van der Waals surface area contributed by atoms with Gasteiger partial charge in [-0.15, -0.1) is 0 Å². The number of allylic oxidation sites excluding steroid dienone is 2. The lowest BCUT2D eigenvalue weighted by Crippen LogP contribution is -2.48. The number of thiocarbonyl (C=S) groups is 1. The van der Waals surface area contributed by atoms with E-state index >= 15 is 0 Å². The molecule has 3 aliphatic rings. The van der Waals surface area contributed by atoms with E-state index in [1.807, 2.05) is 18.3 Å². The third-order valence-corrected chi connectivity index (χ3v) is 5.94. The molecule has 1 saturated carbocycles. The number of hydrogen-bond acceptors (Lipinski definition) is 2. The summed E-state index contributed by atoms with van der Waals surface area (Å²) in [5.74, 6) is 1.50. The van der Waals surface area contributed by atoms with Gasteiger partial charge in [0.15, 0.2) is 5.11 Å². The summed E-state index contributed by atoms with van der Waals surface area (Å²) in [5.41, 5.74) is 8.19. The first kappa shape index (κ1) is 16.2. The zero-order valence-corrected chi connectivity index (χ0v) is 15.1. The van der Waals surface area contributed by atoms with Gasteiger partial charge >= 0.3 is 0 Å². The smallest absolute Gasteiger partial charge is 0.191 e. The van der Waals surface area contributed by atoms with E-state index in [1.165, 1.54) is 29.5 Å². The lowest BCUT2D eigenvalue weighted by Gasteiger charge is -2.55. The fourth-order valence-electron chi connectivity index (χ4n) is 3.75. The molecular weight excluding hydrogens is 302 g/mol. The molecule has 0 heterocycles. The van der Waals surface area contributed by atoms with Gasteiger partial charge in [-0.3, -0.25) is 5.43 Å². The Morgan fingerprint density at radius 3 is 2.83 bits per heavy atom. The van der Waals surface area contributed by atoms with E-state index in [1.54, 1.807) is 0 Å². The molecular formula is C19H25N3S. The van der Waals surface area contributed by atoms with Crippen LogP contribution in [0.25, 0.3) is 0 Å². The second-order valence-electron chi connectivity index (χ2n) is 7.32. The molecule has 0 unspecified atom stereocenters. The molecule has 2 bridgehead atoms. The van der Waals surface area contributed by atoms with E-state index in [4.69, 9.17) is 12.2 Å². The van der Waals surface area contributed by atoms with Crippen molar-refractivity contribution in [2.75, 3.05) is 5.32 Å². The van der Waals surface area contributed by atoms with E-state index in [0.717, 1.165) is 11.6 Å². The van der Waals surface area contributed by atoms with Crippen LogP contribution in [-0.4, -0.2) is 11.3 Å². The first-order valence-corrected chi connectivity index (χ1v) is 8.66. The van der Waals surface area contributed by atoms with E-state index in [-0.39, 0.29) is 0 Å². The summed E-state index contributed by atoms with van der Waals surface area (Å²) in [6.07, 6.45) is 6.75. The predicted molar refractivity (Wildman–Crippen MR) is 102 cm³/mol. The first-order chi connectivity index (χ1) is 10.9. The highest BCUT2D eigenvalue weighted by Gasteiger charge is 2.50. The van der Waals surface area contributed by atoms with Crippen LogP contribution in [0.4, 0.5) is 5.69 Å². The average molecular weight is 327 g/mol. The minimum Gasteiger partial charge on any atom is -0.331 e. The SMILES string of the molecule is Cc1cccc(NC(=S)N/N=C\C2=CC[C@@H]3C[C@@H]2C3(C)C)c1C. The van der Waals surface area contributed by atoms with Gasteiger partial charge in [-0.05, 0) is 78.9 Å². The number of nitrogens with zero attached hydrogens (tertiary/aromatic N) is 1. The van der Waals surface area contributed by atoms with E-state index in [9.17, 15) is 0 Å². The molecule has 0 aliphatic heterocycles. The monoisotopic (exact) mass is 327 g/mol. The zero-order valence-electron chi connectivity index (χ0n) is 14.3. The number of hydrazone groups is 1. The molecule has 4 rings (SSSR count). The molecule has 1 aromatic rings. The minimum absolute atomic E-state index is 0.424. The summed E-state index contributed by atoms with van der Waals surface area (Å²) in [6.45, 7) is 8.92. The maximum absolute atomic E-state index is 5.33. The maximum atomic E-state index is 5.33. The number of aryl methyl sites for hydroxylation is 1. The van der Waals surface area contributed by atoms with Crippen molar-refractivity contribution >= 4 is 29.2 Å². The van der Waals surface area contributed by atoms with E-state index in [0.29, 0.717) is 16.4 Å². The number of hydrogen-bond donors (Lipinski definition) is 2. The molecule has 3 aliphatic carbocycles. The standard InChI is InChI=1S/C19H25N3S/c1-12-6-5-7-17(13(12)2)21-18(23)22-20-11-14-8-9-15-10-16(14)19(15,3)4/h5-8,11,15-16H,9-10H2,1-4H3,(H2,21,22,23)/b20-11-/t15-,16+/m1/s1. The van der Waals surface area contributed by atoms with Crippen molar-refractivity contribution in [3.8, 4) is 0 Å². The summed E-state index contributed by atoms with van der Waals surface area (Å²) >= 11 is 5.33. The molecule has 0 spiro atoms. The Balaban J connectivity index is 1.57. The van der Waals surface area contributed by atoms with Crippen molar-refractivity contribution in [2.45, 2.75) is 40.5 Å². The lowest BCUT2D eigenvalue weighted by atomic mass is 9.49. The van der Waals surface area contributed by atoms with Gasteiger partial charge < -0.3 is 5.32 Å². The minimum atomic E-state index is 0.424. The molecule has 1 aromatic carbocycles. The third-order valence-electron chi connectivity index (χ3n) is 5.74. The summed E-state index contributed by atoms with van der Waals surface area (Å²) < 4.78 is 0. The highest BCUT2D eigenvalue weighted by atomic mass is 32.1. The maximum Gasteiger partial charge on any atom is 0.191 e. The fraction of sp³-hybridized carbons (Fsp3) is 0.474. The van der Waals surface area contributed by atoms with Gasteiger partial charge in [0, 0.05) is 5.69 Å². The third kappa shape index (κ3) is 3.05. The van der Waals surface area contributed by atoms with E-state index in [2.05, 4.69) is 55.7 Å². The van der Waals surface area contributed by atoms with Crippen LogP contribution >= 0.6 is 12.2 Å². The average Bonchev–Trinajstić information content (AvgIpc) is 2.52. The Morgan fingerprint density at radius 1 is 1.35 bits per heavy atom. The summed E-state index contributed by atoms with van der Waals surface area (Å²) in [7, 11) is 0. The van der Waals surface area contributed by atoms with Gasteiger partial charge in [0.1, 0.15) is 0 Å². The fourth-order valence-corrected chi connectivity index (χ4v) is 3.91. The summed E-state index contributed by atoms with van der Waals surface area (Å²) in [4.78, 5) is 0. The van der Waals surface area contributed by atoms with Crippen molar-refractivity contribution in [1.82, 2.24) is 5.43 Å². The van der Waals surface area contributed by atoms with Crippen LogP contribution in [0, 0.1) is 31.1 Å². The lowest BCUT2D eigenvalue weighted by molar-refractivity contribution is -0.00126. The van der Waals surface area contributed by atoms with Crippen LogP contribution in [-0.2, 0) is 0 Å². The zero-order chi connectivity index (χ0) is 16.6. The van der Waals surface area contributed by atoms with Gasteiger partial charge in [0.05, 0.1) is 6.21 Å². The molecule has 3 nitrogen and oxygen atoms in total. The Bertz CT molecular complexity index is 688. The Hall–Kier alpha value is -1.68. The van der Waals surface area contributed by atoms with Crippen LogP contribution in [0.5, 0.6) is 0 Å². The molecule has 0 saturated heterocycles. The molecule has 4 heteroatoms. The normalized spacial score (nSPS) is 24.8. The van der Waals surface area contributed by atoms with Gasteiger partial charge in [0.25, 0.3) is 0 Å². The Kier molecular flexibility index (Phi) is 4.28. The Morgan fingerprint density at radius 2 is 2.13 bits per heavy atom. The van der Waals surface area contributed by atoms with Gasteiger partial charge in [-0.25, -0.2) is 0 Å². The van der Waals surface area contributed by atoms with Crippen LogP contribution in [0.1, 0.15) is 37.8 Å². The molecule has 2 atom stereocenters. The van der Waals surface area contributed by atoms with Crippen LogP contribution < -0.4 is 10.7 Å². The van der Waals surface area contributed by atoms with Crippen LogP contribution in [0.15, 0.2) is 34.9 Å². The van der Waals surface area contributed by atoms with Crippen molar-refractivity contribution in [3.05, 3.63) is 41.0 Å². The molecule has 0 aromatic heterocycles. The molecule has 1 fully saturated rings. The number of nitrogens with one attached hydrogen (secondary N) is 2. The number of rotatable bonds is 3. The van der Waals surface area contributed by atoms with Crippen LogP contribution in [0.3, 0.4) is 0 Å². The highest BCUT2D eigenvalue weighted by Crippen LogP contribution is 2.58. The van der Waals surface area contributed by atoms with E-state index < -0.39 is 0 Å². The largest absolute Gasteiger partial charge is 0.331 e. The summed E-state index contributed by atoms with van der Waals surface area (Å²) in [6, 6.07) is 6.15. The molecule has 2 N–H and O–H groups in total. The van der Waals surface area contributed by atoms with Crippen molar-refractivity contribution in [1.29, 1.82) is 0 Å². The van der Waals surface area contributed by atoms with Crippen molar-refractivity contribution < 1.29 is 0 Å². The molecule has 0 amide bonds. The second-order valence-corrected chi connectivity index (χ2v) is 7.73. The van der Waals surface area contributed by atoms with Crippen LogP contribution in [0.2, 0.25) is 0 Å². The molecule has 122 valence electrons. The second kappa shape index (κ2) is 6.08. The highest BCUT2D eigenvalue weighted by molar-refractivity contribution is 7.80. The van der Waals surface area contributed by atoms with Gasteiger partial charge in [0.2, 0.25) is 0 Å². The quantitative estimate of drug-likeness (QED) is 0.485. The van der Waals surface area contributed by atoms with Gasteiger partial charge in [-0.2, -0.15) is 5.10 Å². The molecule has 23 heavy (non-hydrogen) atoms. The number of benzene rings is 1. The Labute approximate surface area is 144 Å². The number of fused-ring (bicyclic) bond motifs is 1. The summed E-state index contributed by atoms with van der Waals surface area (Å²) in [5, 5.41) is 8.08. The predicted octanol–water partition coefficient (Wildman–Crippen LogP) is 4.57. The number of anilines is 1. The van der Waals surface area contributed by atoms with Gasteiger partial charge in [-0.1, -0.05) is 32.1 Å². The topological polar surface area (TPSA) is 36.4 Å². The molecule has 0 radical (unpaired) electrons. The first-order valence-electron chi connectivity index (χ1n) is 8.26. The van der Waals surface area contributed by atoms with Crippen molar-refractivity contribution in [3.63, 3.8) is 0 Å². The van der Waals surface area contributed by atoms with Crippen molar-refractivity contribution in [2.24, 2.45) is 22.4 Å².